The normalized spacial score (nSPS) is 23.1. The molecule has 0 bridgehead atoms. The fraction of sp³-hybridized carbons (Fsp3) is 1.00. The molecule has 0 amide bonds. The quantitative estimate of drug-likeness (QED) is 0.665. The summed E-state index contributed by atoms with van der Waals surface area (Å²) in [4.78, 5) is 2.42. The number of hydrogen-bond acceptors (Lipinski definition) is 3. The van der Waals surface area contributed by atoms with Crippen LogP contribution < -0.4 is 5.32 Å². The van der Waals surface area contributed by atoms with E-state index < -0.39 is 5.60 Å². The van der Waals surface area contributed by atoms with Gasteiger partial charge in [-0.1, -0.05) is 6.92 Å². The highest BCUT2D eigenvalue weighted by Crippen LogP contribution is 2.16. The van der Waals surface area contributed by atoms with E-state index in [2.05, 4.69) is 17.1 Å². The molecule has 0 radical (unpaired) electrons. The van der Waals surface area contributed by atoms with Crippen LogP contribution in [0.25, 0.3) is 0 Å². The van der Waals surface area contributed by atoms with Crippen LogP contribution in [0.1, 0.15) is 20.8 Å². The van der Waals surface area contributed by atoms with E-state index in [0.717, 1.165) is 32.7 Å². The van der Waals surface area contributed by atoms with Crippen molar-refractivity contribution < 1.29 is 5.11 Å². The number of nitrogens with zero attached hydrogens (tertiary/aromatic N) is 1. The highest BCUT2D eigenvalue weighted by molar-refractivity contribution is 4.78. The molecule has 0 aliphatic carbocycles. The molecule has 1 heterocycles. The van der Waals surface area contributed by atoms with Crippen molar-refractivity contribution in [3.63, 3.8) is 0 Å². The summed E-state index contributed by atoms with van der Waals surface area (Å²) in [6.45, 7) is 11.3. The van der Waals surface area contributed by atoms with E-state index in [-0.39, 0.29) is 0 Å². The Bertz CT molecular complexity index is 147. The number of rotatable bonds is 3. The predicted octanol–water partition coefficient (Wildman–Crippen LogP) is 0.299. The second-order valence-electron chi connectivity index (χ2n) is 4.61. The lowest BCUT2D eigenvalue weighted by Crippen LogP contribution is -2.47. The highest BCUT2D eigenvalue weighted by Gasteiger charge is 2.24. The minimum absolute atomic E-state index is 0.339. The number of hydrogen-bond donors (Lipinski definition) is 2. The molecular formula is C10H22N2O. The van der Waals surface area contributed by atoms with Gasteiger partial charge >= 0.3 is 0 Å². The first-order chi connectivity index (χ1) is 6.00. The van der Waals surface area contributed by atoms with Gasteiger partial charge in [-0.05, 0) is 19.8 Å². The average Bonchev–Trinajstić information content (AvgIpc) is 2.04. The standard InChI is InChI=1S/C10H22N2O/c1-9(10(2,3)13)8-12-6-4-11-5-7-12/h9,11,13H,4-8H2,1-3H3. The summed E-state index contributed by atoms with van der Waals surface area (Å²) in [6.07, 6.45) is 0. The molecule has 2 N–H and O–H groups in total. The summed E-state index contributed by atoms with van der Waals surface area (Å²) in [5.74, 6) is 0.339. The molecule has 3 nitrogen and oxygen atoms in total. The van der Waals surface area contributed by atoms with Crippen molar-refractivity contribution in [3.05, 3.63) is 0 Å². The van der Waals surface area contributed by atoms with Crippen molar-refractivity contribution in [2.75, 3.05) is 32.7 Å². The topological polar surface area (TPSA) is 35.5 Å². The summed E-state index contributed by atoms with van der Waals surface area (Å²) < 4.78 is 0. The molecule has 3 heteroatoms. The van der Waals surface area contributed by atoms with Crippen LogP contribution >= 0.6 is 0 Å². The molecule has 13 heavy (non-hydrogen) atoms. The van der Waals surface area contributed by atoms with Gasteiger partial charge in [-0.3, -0.25) is 0 Å². The van der Waals surface area contributed by atoms with E-state index in [9.17, 15) is 5.11 Å². The van der Waals surface area contributed by atoms with E-state index >= 15 is 0 Å². The van der Waals surface area contributed by atoms with E-state index in [4.69, 9.17) is 0 Å². The summed E-state index contributed by atoms with van der Waals surface area (Å²) in [5, 5.41) is 13.1. The van der Waals surface area contributed by atoms with Gasteiger partial charge in [0, 0.05) is 32.7 Å². The molecule has 0 spiro atoms. The molecule has 0 aromatic heterocycles. The molecule has 1 aliphatic rings. The number of nitrogens with one attached hydrogen (secondary N) is 1. The SMILES string of the molecule is CC(CN1CCNCC1)C(C)(C)O. The lowest BCUT2D eigenvalue weighted by atomic mass is 9.92. The molecule has 0 aromatic rings. The van der Waals surface area contributed by atoms with Gasteiger partial charge in [-0.25, -0.2) is 0 Å². The Labute approximate surface area is 81.1 Å². The monoisotopic (exact) mass is 186 g/mol. The molecule has 1 saturated heterocycles. The molecule has 0 aromatic carbocycles. The van der Waals surface area contributed by atoms with E-state index in [1.54, 1.807) is 0 Å². The molecule has 1 aliphatic heterocycles. The first-order valence-electron chi connectivity index (χ1n) is 5.15. The molecule has 1 atom stereocenters. The number of piperazine rings is 1. The molecule has 0 saturated carbocycles. The van der Waals surface area contributed by atoms with E-state index in [1.807, 2.05) is 13.8 Å². The minimum Gasteiger partial charge on any atom is -0.390 e. The van der Waals surface area contributed by atoms with Crippen LogP contribution in [0.5, 0.6) is 0 Å². The van der Waals surface area contributed by atoms with Crippen molar-refractivity contribution in [2.45, 2.75) is 26.4 Å². The second kappa shape index (κ2) is 4.40. The van der Waals surface area contributed by atoms with Crippen LogP contribution in [0.3, 0.4) is 0 Å². The minimum atomic E-state index is -0.551. The summed E-state index contributed by atoms with van der Waals surface area (Å²) in [5.41, 5.74) is -0.551. The zero-order chi connectivity index (χ0) is 9.90. The fourth-order valence-corrected chi connectivity index (χ4v) is 1.50. The maximum absolute atomic E-state index is 9.77. The third-order valence-corrected chi connectivity index (χ3v) is 2.95. The molecule has 1 unspecified atom stereocenters. The van der Waals surface area contributed by atoms with Crippen LogP contribution in [-0.2, 0) is 0 Å². The van der Waals surface area contributed by atoms with Gasteiger partial charge in [-0.15, -0.1) is 0 Å². The van der Waals surface area contributed by atoms with Crippen LogP contribution in [-0.4, -0.2) is 48.3 Å². The van der Waals surface area contributed by atoms with Crippen LogP contribution in [0.4, 0.5) is 0 Å². The average molecular weight is 186 g/mol. The molecule has 1 rings (SSSR count). The zero-order valence-corrected chi connectivity index (χ0v) is 9.01. The van der Waals surface area contributed by atoms with E-state index in [1.165, 1.54) is 0 Å². The van der Waals surface area contributed by atoms with Gasteiger partial charge in [-0.2, -0.15) is 0 Å². The lowest BCUT2D eigenvalue weighted by molar-refractivity contribution is 0.00719. The number of aliphatic hydroxyl groups is 1. The van der Waals surface area contributed by atoms with Gasteiger partial charge in [0.2, 0.25) is 0 Å². The van der Waals surface area contributed by atoms with Crippen molar-refractivity contribution in [1.82, 2.24) is 10.2 Å². The van der Waals surface area contributed by atoms with Crippen LogP contribution in [0.15, 0.2) is 0 Å². The largest absolute Gasteiger partial charge is 0.390 e. The van der Waals surface area contributed by atoms with Crippen LogP contribution in [0.2, 0.25) is 0 Å². The van der Waals surface area contributed by atoms with Crippen molar-refractivity contribution in [1.29, 1.82) is 0 Å². The van der Waals surface area contributed by atoms with Gasteiger partial charge in [0.05, 0.1) is 5.60 Å². The lowest BCUT2D eigenvalue weighted by Gasteiger charge is -2.34. The Balaban J connectivity index is 2.30. The first kappa shape index (κ1) is 11.0. The Morgan fingerprint density at radius 2 is 1.92 bits per heavy atom. The Kier molecular flexibility index (Phi) is 3.71. The molecule has 1 fully saturated rings. The van der Waals surface area contributed by atoms with Crippen molar-refractivity contribution >= 4 is 0 Å². The molecule has 78 valence electrons. The Morgan fingerprint density at radius 1 is 1.38 bits per heavy atom. The zero-order valence-electron chi connectivity index (χ0n) is 9.01. The predicted molar refractivity (Wildman–Crippen MR) is 54.8 cm³/mol. The van der Waals surface area contributed by atoms with Gasteiger partial charge in [0.25, 0.3) is 0 Å². The van der Waals surface area contributed by atoms with Gasteiger partial charge in [0.15, 0.2) is 0 Å². The third-order valence-electron chi connectivity index (χ3n) is 2.95. The maximum Gasteiger partial charge on any atom is 0.0629 e. The maximum atomic E-state index is 9.77. The Hall–Kier alpha value is -0.120. The Morgan fingerprint density at radius 3 is 2.38 bits per heavy atom. The van der Waals surface area contributed by atoms with E-state index in [0.29, 0.717) is 5.92 Å². The van der Waals surface area contributed by atoms with Crippen LogP contribution in [0, 0.1) is 5.92 Å². The van der Waals surface area contributed by atoms with Crippen molar-refractivity contribution in [2.24, 2.45) is 5.92 Å². The fourth-order valence-electron chi connectivity index (χ4n) is 1.50. The summed E-state index contributed by atoms with van der Waals surface area (Å²) in [7, 11) is 0. The van der Waals surface area contributed by atoms with Gasteiger partial charge < -0.3 is 15.3 Å². The summed E-state index contributed by atoms with van der Waals surface area (Å²) >= 11 is 0. The van der Waals surface area contributed by atoms with Crippen molar-refractivity contribution in [3.8, 4) is 0 Å². The molecular weight excluding hydrogens is 164 g/mol. The smallest absolute Gasteiger partial charge is 0.0629 e. The van der Waals surface area contributed by atoms with Gasteiger partial charge in [0.1, 0.15) is 0 Å². The third kappa shape index (κ3) is 3.63. The highest BCUT2D eigenvalue weighted by atomic mass is 16.3. The second-order valence-corrected chi connectivity index (χ2v) is 4.61. The first-order valence-corrected chi connectivity index (χ1v) is 5.15. The summed E-state index contributed by atoms with van der Waals surface area (Å²) in [6, 6.07) is 0.